The van der Waals surface area contributed by atoms with E-state index in [9.17, 15) is 0 Å². The smallest absolute Gasteiger partial charge is 0.0106 e. The SMILES string of the molecule is NCCCC([SiH3])(CCCN)CCCN. The summed E-state index contributed by atoms with van der Waals surface area (Å²) in [7, 11) is 1.24. The summed E-state index contributed by atoms with van der Waals surface area (Å²) < 4.78 is 0. The molecule has 0 aliphatic carbocycles. The van der Waals surface area contributed by atoms with Crippen molar-refractivity contribution < 1.29 is 0 Å². The molecule has 3 nitrogen and oxygen atoms in total. The van der Waals surface area contributed by atoms with E-state index in [1.165, 1.54) is 29.5 Å². The van der Waals surface area contributed by atoms with Crippen LogP contribution in [0.5, 0.6) is 0 Å². The van der Waals surface area contributed by atoms with Crippen molar-refractivity contribution in [1.82, 2.24) is 0 Å². The van der Waals surface area contributed by atoms with Gasteiger partial charge in [-0.15, -0.1) is 0 Å². The van der Waals surface area contributed by atoms with Gasteiger partial charge in [-0.3, -0.25) is 0 Å². The topological polar surface area (TPSA) is 78.1 Å². The Bertz CT molecular complexity index is 109. The van der Waals surface area contributed by atoms with Crippen LogP contribution in [0, 0.1) is 0 Å². The van der Waals surface area contributed by atoms with Gasteiger partial charge in [0, 0.05) is 10.2 Å². The average molecular weight is 217 g/mol. The van der Waals surface area contributed by atoms with E-state index < -0.39 is 0 Å². The fourth-order valence-electron chi connectivity index (χ4n) is 1.96. The van der Waals surface area contributed by atoms with Crippen molar-refractivity contribution in [2.24, 2.45) is 17.2 Å². The zero-order valence-electron chi connectivity index (χ0n) is 9.60. The summed E-state index contributed by atoms with van der Waals surface area (Å²) in [6, 6.07) is 0. The van der Waals surface area contributed by atoms with Gasteiger partial charge in [-0.25, -0.2) is 0 Å². The molecular weight excluding hydrogens is 190 g/mol. The maximum absolute atomic E-state index is 5.56. The van der Waals surface area contributed by atoms with Crippen molar-refractivity contribution >= 4 is 10.2 Å². The molecule has 0 atom stereocenters. The molecule has 0 aromatic carbocycles. The Morgan fingerprint density at radius 3 is 1.21 bits per heavy atom. The molecule has 0 aliphatic heterocycles. The molecule has 0 saturated heterocycles. The molecule has 0 saturated carbocycles. The number of nitrogens with two attached hydrogens (primary N) is 3. The van der Waals surface area contributed by atoms with Gasteiger partial charge >= 0.3 is 0 Å². The molecule has 0 fully saturated rings. The Hall–Kier alpha value is 0.0969. The lowest BCUT2D eigenvalue weighted by molar-refractivity contribution is 0.416. The van der Waals surface area contributed by atoms with Gasteiger partial charge in [0.15, 0.2) is 0 Å². The molecule has 86 valence electrons. The molecule has 6 N–H and O–H groups in total. The quantitative estimate of drug-likeness (QED) is 0.465. The molecule has 0 aromatic rings. The molecule has 0 heterocycles. The lowest BCUT2D eigenvalue weighted by atomic mass is 9.91. The third kappa shape index (κ3) is 6.54. The largest absolute Gasteiger partial charge is 0.330 e. The van der Waals surface area contributed by atoms with Crippen molar-refractivity contribution in [1.29, 1.82) is 0 Å². The van der Waals surface area contributed by atoms with Crippen LogP contribution in [-0.2, 0) is 0 Å². The fraction of sp³-hybridized carbons (Fsp3) is 1.00. The second-order valence-corrected chi connectivity index (χ2v) is 6.61. The molecule has 4 heteroatoms. The molecule has 0 spiro atoms. The maximum atomic E-state index is 5.56. The Balaban J connectivity index is 3.89. The summed E-state index contributed by atoms with van der Waals surface area (Å²) in [6.07, 6.45) is 7.27. The van der Waals surface area contributed by atoms with Gasteiger partial charge in [0.2, 0.25) is 0 Å². The zero-order valence-corrected chi connectivity index (χ0v) is 11.6. The Labute approximate surface area is 91.2 Å². The summed E-state index contributed by atoms with van der Waals surface area (Å²) in [5.74, 6) is 0. The van der Waals surface area contributed by atoms with Crippen molar-refractivity contribution in [3.05, 3.63) is 0 Å². The van der Waals surface area contributed by atoms with Crippen LogP contribution in [0.4, 0.5) is 0 Å². The predicted octanol–water partition coefficient (Wildman–Crippen LogP) is -0.273. The van der Waals surface area contributed by atoms with E-state index in [-0.39, 0.29) is 0 Å². The molecular formula is C10H27N3Si. The monoisotopic (exact) mass is 217 g/mol. The molecule has 0 aliphatic rings. The van der Waals surface area contributed by atoms with Crippen LogP contribution in [0.2, 0.25) is 5.04 Å². The van der Waals surface area contributed by atoms with Crippen LogP contribution in [-0.4, -0.2) is 29.9 Å². The first kappa shape index (κ1) is 14.1. The lowest BCUT2D eigenvalue weighted by Crippen LogP contribution is -2.18. The predicted molar refractivity (Wildman–Crippen MR) is 67.5 cm³/mol. The molecule has 0 unspecified atom stereocenters. The van der Waals surface area contributed by atoms with Crippen LogP contribution >= 0.6 is 0 Å². The number of hydrogen-bond donors (Lipinski definition) is 3. The lowest BCUT2D eigenvalue weighted by Gasteiger charge is -2.29. The Morgan fingerprint density at radius 2 is 1.00 bits per heavy atom. The second kappa shape index (κ2) is 8.41. The minimum atomic E-state index is 0.554. The van der Waals surface area contributed by atoms with E-state index >= 15 is 0 Å². The molecule has 0 amide bonds. The first-order valence-electron chi connectivity index (χ1n) is 5.79. The van der Waals surface area contributed by atoms with Gasteiger partial charge in [0.25, 0.3) is 0 Å². The van der Waals surface area contributed by atoms with Crippen LogP contribution < -0.4 is 17.2 Å². The minimum absolute atomic E-state index is 0.554. The highest BCUT2D eigenvalue weighted by Crippen LogP contribution is 2.38. The summed E-state index contributed by atoms with van der Waals surface area (Å²) in [5, 5.41) is 0.554. The molecule has 0 radical (unpaired) electrons. The van der Waals surface area contributed by atoms with Crippen LogP contribution in [0.1, 0.15) is 38.5 Å². The van der Waals surface area contributed by atoms with Crippen LogP contribution in [0.3, 0.4) is 0 Å². The fourth-order valence-corrected chi connectivity index (χ4v) is 3.02. The van der Waals surface area contributed by atoms with Gasteiger partial charge in [0.05, 0.1) is 0 Å². The first-order valence-corrected chi connectivity index (χ1v) is 6.79. The van der Waals surface area contributed by atoms with E-state index in [4.69, 9.17) is 17.2 Å². The van der Waals surface area contributed by atoms with E-state index in [1.54, 1.807) is 0 Å². The summed E-state index contributed by atoms with van der Waals surface area (Å²) >= 11 is 0. The Morgan fingerprint density at radius 1 is 0.714 bits per heavy atom. The minimum Gasteiger partial charge on any atom is -0.330 e. The average Bonchev–Trinajstić information content (AvgIpc) is 2.21. The highest BCUT2D eigenvalue weighted by molar-refractivity contribution is 6.15. The van der Waals surface area contributed by atoms with E-state index in [0.717, 1.165) is 38.9 Å². The van der Waals surface area contributed by atoms with Crippen molar-refractivity contribution in [2.75, 3.05) is 19.6 Å². The number of hydrogen-bond acceptors (Lipinski definition) is 3. The van der Waals surface area contributed by atoms with Crippen molar-refractivity contribution in [2.45, 2.75) is 43.6 Å². The zero-order chi connectivity index (χ0) is 10.9. The normalized spacial score (nSPS) is 12.2. The van der Waals surface area contributed by atoms with E-state index in [1.807, 2.05) is 0 Å². The van der Waals surface area contributed by atoms with E-state index in [2.05, 4.69) is 0 Å². The van der Waals surface area contributed by atoms with Gasteiger partial charge < -0.3 is 17.2 Å². The highest BCUT2D eigenvalue weighted by Gasteiger charge is 2.21. The molecule has 14 heavy (non-hydrogen) atoms. The van der Waals surface area contributed by atoms with Crippen molar-refractivity contribution in [3.8, 4) is 0 Å². The van der Waals surface area contributed by atoms with E-state index in [0.29, 0.717) is 5.04 Å². The standard InChI is InChI=1S/C10H27N3Si/c11-7-1-4-10(14,5-2-8-12)6-3-9-13/h1-9,11-13H2,14H3. The molecule has 0 aromatic heterocycles. The number of rotatable bonds is 9. The van der Waals surface area contributed by atoms with Gasteiger partial charge in [-0.05, 0) is 63.2 Å². The third-order valence-corrected chi connectivity index (χ3v) is 4.45. The van der Waals surface area contributed by atoms with Gasteiger partial charge in [-0.1, -0.05) is 0 Å². The third-order valence-electron chi connectivity index (χ3n) is 2.95. The van der Waals surface area contributed by atoms with Crippen LogP contribution in [0.25, 0.3) is 0 Å². The summed E-state index contributed by atoms with van der Waals surface area (Å²) in [6.45, 7) is 2.44. The van der Waals surface area contributed by atoms with Gasteiger partial charge in [-0.2, -0.15) is 0 Å². The van der Waals surface area contributed by atoms with Crippen LogP contribution in [0.15, 0.2) is 0 Å². The molecule has 0 bridgehead atoms. The maximum Gasteiger partial charge on any atom is 0.0106 e. The Kier molecular flexibility index (Phi) is 8.47. The summed E-state index contributed by atoms with van der Waals surface area (Å²) in [5.41, 5.74) is 16.7. The molecule has 0 rings (SSSR count). The second-order valence-electron chi connectivity index (χ2n) is 4.49. The summed E-state index contributed by atoms with van der Waals surface area (Å²) in [4.78, 5) is 0. The first-order chi connectivity index (χ1) is 6.68. The van der Waals surface area contributed by atoms with Gasteiger partial charge in [0.1, 0.15) is 0 Å². The highest BCUT2D eigenvalue weighted by atomic mass is 28.1. The van der Waals surface area contributed by atoms with Crippen molar-refractivity contribution in [3.63, 3.8) is 0 Å².